The van der Waals surface area contributed by atoms with Crippen molar-refractivity contribution < 1.29 is 14.6 Å². The molecule has 0 radical (unpaired) electrons. The molecule has 7 nitrogen and oxygen atoms in total. The van der Waals surface area contributed by atoms with Gasteiger partial charge in [0.2, 0.25) is 0 Å². The number of nitrogens with zero attached hydrogens (tertiary/aromatic N) is 2. The normalized spacial score (nSPS) is 15.1. The summed E-state index contributed by atoms with van der Waals surface area (Å²) in [5.41, 5.74) is 2.43. The molecule has 0 bridgehead atoms. The van der Waals surface area contributed by atoms with Crippen LogP contribution < -0.4 is 10.6 Å². The van der Waals surface area contributed by atoms with Crippen LogP contribution in [0.5, 0.6) is 0 Å². The first kappa shape index (κ1) is 16.5. The Morgan fingerprint density at radius 3 is 2.83 bits per heavy atom. The van der Waals surface area contributed by atoms with E-state index in [1.54, 1.807) is 17.1 Å². The first-order chi connectivity index (χ1) is 11.6. The molecule has 2 aromatic rings. The lowest BCUT2D eigenvalue weighted by Gasteiger charge is -2.08. The molecule has 1 aromatic carbocycles. The summed E-state index contributed by atoms with van der Waals surface area (Å²) in [5.74, 6) is 0. The van der Waals surface area contributed by atoms with E-state index in [0.29, 0.717) is 24.8 Å². The fraction of sp³-hybridized carbons (Fsp3) is 0.412. The van der Waals surface area contributed by atoms with Crippen LogP contribution in [-0.4, -0.2) is 33.6 Å². The summed E-state index contributed by atoms with van der Waals surface area (Å²) < 4.78 is 6.87. The van der Waals surface area contributed by atoms with E-state index in [9.17, 15) is 9.90 Å². The lowest BCUT2D eigenvalue weighted by molar-refractivity contribution is -0.0980. The highest BCUT2D eigenvalue weighted by Crippen LogP contribution is 2.19. The van der Waals surface area contributed by atoms with E-state index in [1.165, 1.54) is 0 Å². The number of hydrogen-bond donors (Lipinski definition) is 3. The monoisotopic (exact) mass is 330 g/mol. The molecule has 1 aliphatic rings. The first-order valence-corrected chi connectivity index (χ1v) is 8.12. The Morgan fingerprint density at radius 2 is 2.17 bits per heavy atom. The maximum Gasteiger partial charge on any atom is 0.319 e. The molecule has 1 atom stereocenters. The van der Waals surface area contributed by atoms with E-state index in [2.05, 4.69) is 15.7 Å². The molecule has 0 aliphatic heterocycles. The zero-order valence-electron chi connectivity index (χ0n) is 13.6. The molecule has 0 spiro atoms. The number of aromatic nitrogens is 2. The van der Waals surface area contributed by atoms with Crippen LogP contribution in [0.15, 0.2) is 36.7 Å². The Kier molecular flexibility index (Phi) is 5.12. The number of aliphatic hydroxyl groups excluding tert-OH is 1. The van der Waals surface area contributed by atoms with Gasteiger partial charge in [-0.1, -0.05) is 12.1 Å². The number of anilines is 1. The molecular weight excluding hydrogens is 308 g/mol. The van der Waals surface area contributed by atoms with Crippen molar-refractivity contribution >= 4 is 11.7 Å². The number of rotatable bonds is 7. The maximum atomic E-state index is 11.7. The summed E-state index contributed by atoms with van der Waals surface area (Å²) in [6.07, 6.45) is 4.54. The molecule has 1 aromatic heterocycles. The number of carbonyl (C=O) groups is 1. The summed E-state index contributed by atoms with van der Waals surface area (Å²) in [6.45, 7) is 2.84. The average molecular weight is 330 g/mol. The zero-order chi connectivity index (χ0) is 16.9. The number of carbonyl (C=O) groups excluding carboxylic acids is 1. The predicted octanol–water partition coefficient (Wildman–Crippen LogP) is 2.24. The highest BCUT2D eigenvalue weighted by molar-refractivity contribution is 5.89. The van der Waals surface area contributed by atoms with Gasteiger partial charge in [-0.15, -0.1) is 0 Å². The highest BCUT2D eigenvalue weighted by atomic mass is 16.6. The van der Waals surface area contributed by atoms with E-state index in [-0.39, 0.29) is 6.03 Å². The number of aliphatic hydroxyl groups is 1. The topological polar surface area (TPSA) is 88.4 Å². The minimum Gasteiger partial charge on any atom is -0.364 e. The van der Waals surface area contributed by atoms with Crippen molar-refractivity contribution in [3.05, 3.63) is 47.8 Å². The largest absolute Gasteiger partial charge is 0.364 e. The lowest BCUT2D eigenvalue weighted by Crippen LogP contribution is -2.30. The average Bonchev–Trinajstić information content (AvgIpc) is 3.24. The third-order valence-corrected chi connectivity index (χ3v) is 3.73. The zero-order valence-corrected chi connectivity index (χ0v) is 13.6. The molecule has 0 saturated heterocycles. The molecule has 1 saturated carbocycles. The maximum absolute atomic E-state index is 11.7. The molecule has 3 N–H and O–H groups in total. The van der Waals surface area contributed by atoms with E-state index in [1.807, 2.05) is 31.2 Å². The fourth-order valence-corrected chi connectivity index (χ4v) is 2.31. The van der Waals surface area contributed by atoms with Gasteiger partial charge >= 0.3 is 6.03 Å². The lowest BCUT2D eigenvalue weighted by atomic mass is 10.2. The van der Waals surface area contributed by atoms with Gasteiger partial charge in [-0.2, -0.15) is 5.10 Å². The van der Waals surface area contributed by atoms with Gasteiger partial charge in [-0.3, -0.25) is 4.68 Å². The second kappa shape index (κ2) is 7.46. The number of benzene rings is 1. The van der Waals surface area contributed by atoms with Crippen LogP contribution in [-0.2, 0) is 11.3 Å². The van der Waals surface area contributed by atoms with Crippen LogP contribution in [0.25, 0.3) is 0 Å². The fourth-order valence-electron chi connectivity index (χ4n) is 2.31. The minimum absolute atomic E-state index is 0.160. The van der Waals surface area contributed by atoms with E-state index in [4.69, 9.17) is 4.74 Å². The Bertz CT molecular complexity index is 679. The van der Waals surface area contributed by atoms with Crippen molar-refractivity contribution in [3.8, 4) is 0 Å². The van der Waals surface area contributed by atoms with Crippen LogP contribution >= 0.6 is 0 Å². The summed E-state index contributed by atoms with van der Waals surface area (Å²) in [5, 5.41) is 19.7. The van der Waals surface area contributed by atoms with Crippen molar-refractivity contribution in [1.29, 1.82) is 0 Å². The number of hydrogen-bond acceptors (Lipinski definition) is 4. The SMILES string of the molecule is CCOC(O)c1cnn(Cc2ccc(NC(=O)NC3CC3)cc2)c1. The van der Waals surface area contributed by atoms with Gasteiger partial charge in [0, 0.05) is 30.1 Å². The molecule has 24 heavy (non-hydrogen) atoms. The van der Waals surface area contributed by atoms with Gasteiger partial charge in [0.1, 0.15) is 0 Å². The van der Waals surface area contributed by atoms with E-state index >= 15 is 0 Å². The molecule has 1 heterocycles. The molecule has 1 aliphatic carbocycles. The number of urea groups is 1. The Balaban J connectivity index is 1.54. The number of amides is 2. The Morgan fingerprint density at radius 1 is 1.42 bits per heavy atom. The van der Waals surface area contributed by atoms with Gasteiger partial charge in [0.05, 0.1) is 12.7 Å². The van der Waals surface area contributed by atoms with Crippen LogP contribution in [0.4, 0.5) is 10.5 Å². The minimum atomic E-state index is -0.944. The molecule has 3 rings (SSSR count). The number of ether oxygens (including phenoxy) is 1. The van der Waals surface area contributed by atoms with Gasteiger partial charge in [-0.25, -0.2) is 4.79 Å². The van der Waals surface area contributed by atoms with Gasteiger partial charge < -0.3 is 20.5 Å². The molecule has 2 amide bonds. The Hall–Kier alpha value is -2.38. The smallest absolute Gasteiger partial charge is 0.319 e. The van der Waals surface area contributed by atoms with Crippen LogP contribution in [0.3, 0.4) is 0 Å². The van der Waals surface area contributed by atoms with Gasteiger partial charge in [0.25, 0.3) is 0 Å². The van der Waals surface area contributed by atoms with Crippen molar-refractivity contribution in [2.45, 2.75) is 38.6 Å². The third-order valence-electron chi connectivity index (χ3n) is 3.73. The molecule has 1 unspecified atom stereocenters. The quantitative estimate of drug-likeness (QED) is 0.679. The molecular formula is C17H22N4O3. The summed E-state index contributed by atoms with van der Waals surface area (Å²) in [6, 6.07) is 7.78. The van der Waals surface area contributed by atoms with Crippen molar-refractivity contribution in [2.75, 3.05) is 11.9 Å². The highest BCUT2D eigenvalue weighted by Gasteiger charge is 2.23. The van der Waals surface area contributed by atoms with Crippen molar-refractivity contribution in [1.82, 2.24) is 15.1 Å². The van der Waals surface area contributed by atoms with Crippen LogP contribution in [0, 0.1) is 0 Å². The summed E-state index contributed by atoms with van der Waals surface area (Å²) in [7, 11) is 0. The van der Waals surface area contributed by atoms with Crippen LogP contribution in [0.1, 0.15) is 37.2 Å². The van der Waals surface area contributed by atoms with Gasteiger partial charge in [0.15, 0.2) is 6.29 Å². The summed E-state index contributed by atoms with van der Waals surface area (Å²) in [4.78, 5) is 11.7. The second-order valence-electron chi connectivity index (χ2n) is 5.85. The second-order valence-corrected chi connectivity index (χ2v) is 5.85. The van der Waals surface area contributed by atoms with Crippen molar-refractivity contribution in [3.63, 3.8) is 0 Å². The van der Waals surface area contributed by atoms with Gasteiger partial charge in [-0.05, 0) is 37.5 Å². The third kappa shape index (κ3) is 4.56. The standard InChI is InChI=1S/C17H22N4O3/c1-2-24-16(22)13-9-18-21(11-13)10-12-3-5-14(6-4-12)19-17(23)20-15-7-8-15/h3-6,9,11,15-16,22H,2,7-8,10H2,1H3,(H2,19,20,23). The van der Waals surface area contributed by atoms with Crippen molar-refractivity contribution in [2.24, 2.45) is 0 Å². The van der Waals surface area contributed by atoms with E-state index < -0.39 is 6.29 Å². The number of nitrogens with one attached hydrogen (secondary N) is 2. The molecule has 1 fully saturated rings. The summed E-state index contributed by atoms with van der Waals surface area (Å²) >= 11 is 0. The van der Waals surface area contributed by atoms with E-state index in [0.717, 1.165) is 24.1 Å². The molecule has 128 valence electrons. The predicted molar refractivity (Wildman–Crippen MR) is 89.5 cm³/mol. The molecule has 7 heteroatoms. The van der Waals surface area contributed by atoms with Crippen LogP contribution in [0.2, 0.25) is 0 Å². The first-order valence-electron chi connectivity index (χ1n) is 8.12. The Labute approximate surface area is 140 Å².